The average Bonchev–Trinajstić information content (AvgIpc) is 2.21. The number of nitrogens with two attached hydrogens (primary N) is 1. The number of rotatable bonds is 6. The molecule has 0 heterocycles. The van der Waals surface area contributed by atoms with Crippen molar-refractivity contribution >= 4 is 23.1 Å². The summed E-state index contributed by atoms with van der Waals surface area (Å²) in [6.45, 7) is 4.65. The van der Waals surface area contributed by atoms with Gasteiger partial charge in [0, 0.05) is 29.4 Å². The molecular formula is C11H16N2S. The highest BCUT2D eigenvalue weighted by Gasteiger charge is 1.90. The lowest BCUT2D eigenvalue weighted by Crippen LogP contribution is -2.04. The highest BCUT2D eigenvalue weighted by molar-refractivity contribution is 7.99. The van der Waals surface area contributed by atoms with Gasteiger partial charge in [-0.1, -0.05) is 6.08 Å². The van der Waals surface area contributed by atoms with E-state index in [1.54, 1.807) is 0 Å². The molecule has 0 spiro atoms. The molecule has 0 fully saturated rings. The predicted octanol–water partition coefficient (Wildman–Crippen LogP) is 2.60. The molecule has 0 aliphatic heterocycles. The van der Waals surface area contributed by atoms with E-state index in [0.717, 1.165) is 29.4 Å². The largest absolute Gasteiger partial charge is 0.399 e. The van der Waals surface area contributed by atoms with E-state index in [1.165, 1.54) is 0 Å². The summed E-state index contributed by atoms with van der Waals surface area (Å²) >= 11 is 1.87. The van der Waals surface area contributed by atoms with Gasteiger partial charge in [0.15, 0.2) is 0 Å². The van der Waals surface area contributed by atoms with Crippen LogP contribution >= 0.6 is 11.8 Å². The quantitative estimate of drug-likeness (QED) is 0.429. The summed E-state index contributed by atoms with van der Waals surface area (Å²) in [5, 5.41) is 3.32. The molecule has 14 heavy (non-hydrogen) atoms. The number of nitrogens with one attached hydrogen (secondary N) is 1. The standard InChI is InChI=1S/C11H16N2S/c1-2-8-14-9-7-13-11-5-3-10(12)4-6-11/h2-6,13H,1,7-9,12H2. The Balaban J connectivity index is 2.18. The second-order valence-electron chi connectivity index (χ2n) is 2.91. The molecule has 0 atom stereocenters. The lowest BCUT2D eigenvalue weighted by Gasteiger charge is -2.05. The van der Waals surface area contributed by atoms with Crippen molar-refractivity contribution in [1.82, 2.24) is 0 Å². The van der Waals surface area contributed by atoms with Crippen LogP contribution < -0.4 is 11.1 Å². The number of hydrogen-bond donors (Lipinski definition) is 2. The lowest BCUT2D eigenvalue weighted by atomic mass is 10.3. The molecule has 0 aromatic heterocycles. The predicted molar refractivity (Wildman–Crippen MR) is 66.9 cm³/mol. The van der Waals surface area contributed by atoms with Crippen LogP contribution in [-0.2, 0) is 0 Å². The first-order chi connectivity index (χ1) is 6.83. The summed E-state index contributed by atoms with van der Waals surface area (Å²) in [5.74, 6) is 2.11. The molecular weight excluding hydrogens is 192 g/mol. The Morgan fingerprint density at radius 3 is 2.71 bits per heavy atom. The van der Waals surface area contributed by atoms with Crippen molar-refractivity contribution in [1.29, 1.82) is 0 Å². The molecule has 2 nitrogen and oxygen atoms in total. The number of nitrogen functional groups attached to an aromatic ring is 1. The number of hydrogen-bond acceptors (Lipinski definition) is 3. The number of benzene rings is 1. The van der Waals surface area contributed by atoms with Crippen LogP contribution in [0.5, 0.6) is 0 Å². The Bertz CT molecular complexity index is 269. The molecule has 0 unspecified atom stereocenters. The van der Waals surface area contributed by atoms with E-state index < -0.39 is 0 Å². The van der Waals surface area contributed by atoms with E-state index in [9.17, 15) is 0 Å². The van der Waals surface area contributed by atoms with Crippen LogP contribution in [0.3, 0.4) is 0 Å². The topological polar surface area (TPSA) is 38.0 Å². The van der Waals surface area contributed by atoms with E-state index >= 15 is 0 Å². The first kappa shape index (κ1) is 11.0. The van der Waals surface area contributed by atoms with Crippen molar-refractivity contribution in [2.45, 2.75) is 0 Å². The summed E-state index contributed by atoms with van der Waals surface area (Å²) in [6.07, 6.45) is 1.92. The lowest BCUT2D eigenvalue weighted by molar-refractivity contribution is 1.23. The van der Waals surface area contributed by atoms with Crippen LogP contribution in [0.1, 0.15) is 0 Å². The van der Waals surface area contributed by atoms with Crippen molar-refractivity contribution in [2.75, 3.05) is 29.1 Å². The smallest absolute Gasteiger partial charge is 0.0341 e. The van der Waals surface area contributed by atoms with Crippen LogP contribution in [0.4, 0.5) is 11.4 Å². The molecule has 0 saturated carbocycles. The fourth-order valence-electron chi connectivity index (χ4n) is 1.04. The molecule has 1 rings (SSSR count). The van der Waals surface area contributed by atoms with E-state index in [0.29, 0.717) is 0 Å². The van der Waals surface area contributed by atoms with E-state index in [1.807, 2.05) is 42.1 Å². The molecule has 0 aliphatic carbocycles. The van der Waals surface area contributed by atoms with Gasteiger partial charge in [0.2, 0.25) is 0 Å². The number of anilines is 2. The molecule has 76 valence electrons. The number of thioether (sulfide) groups is 1. The third-order valence-electron chi connectivity index (χ3n) is 1.72. The summed E-state index contributed by atoms with van der Waals surface area (Å²) in [7, 11) is 0. The minimum atomic E-state index is 0.802. The second-order valence-corrected chi connectivity index (χ2v) is 4.06. The molecule has 1 aromatic rings. The molecule has 0 saturated heterocycles. The van der Waals surface area contributed by atoms with Gasteiger partial charge in [-0.3, -0.25) is 0 Å². The summed E-state index contributed by atoms with van der Waals surface area (Å²) < 4.78 is 0. The molecule has 3 heteroatoms. The van der Waals surface area contributed by atoms with Gasteiger partial charge in [0.1, 0.15) is 0 Å². The van der Waals surface area contributed by atoms with Crippen LogP contribution in [0.15, 0.2) is 36.9 Å². The van der Waals surface area contributed by atoms with Gasteiger partial charge in [-0.15, -0.1) is 6.58 Å². The zero-order chi connectivity index (χ0) is 10.2. The maximum atomic E-state index is 5.58. The van der Waals surface area contributed by atoms with Crippen LogP contribution in [0.2, 0.25) is 0 Å². The van der Waals surface area contributed by atoms with Gasteiger partial charge in [0.05, 0.1) is 0 Å². The minimum absolute atomic E-state index is 0.802. The minimum Gasteiger partial charge on any atom is -0.399 e. The summed E-state index contributed by atoms with van der Waals surface area (Å²) in [4.78, 5) is 0. The SMILES string of the molecule is C=CCSCCNc1ccc(N)cc1. The Morgan fingerprint density at radius 1 is 1.36 bits per heavy atom. The van der Waals surface area contributed by atoms with Crippen LogP contribution in [0, 0.1) is 0 Å². The van der Waals surface area contributed by atoms with Gasteiger partial charge >= 0.3 is 0 Å². The Labute approximate surface area is 89.6 Å². The zero-order valence-electron chi connectivity index (χ0n) is 8.20. The van der Waals surface area contributed by atoms with Crippen molar-refractivity contribution in [3.63, 3.8) is 0 Å². The van der Waals surface area contributed by atoms with Gasteiger partial charge in [-0.05, 0) is 24.3 Å². The van der Waals surface area contributed by atoms with Crippen LogP contribution in [-0.4, -0.2) is 18.1 Å². The Hall–Kier alpha value is -1.09. The first-order valence-electron chi connectivity index (χ1n) is 4.61. The Kier molecular flexibility index (Phi) is 5.00. The van der Waals surface area contributed by atoms with E-state index in [4.69, 9.17) is 5.73 Å². The molecule has 0 amide bonds. The summed E-state index contributed by atoms with van der Waals surface area (Å²) in [6, 6.07) is 7.79. The first-order valence-corrected chi connectivity index (χ1v) is 5.76. The average molecular weight is 208 g/mol. The van der Waals surface area contributed by atoms with Gasteiger partial charge in [0.25, 0.3) is 0 Å². The third kappa shape index (κ3) is 4.23. The second kappa shape index (κ2) is 6.38. The summed E-state index contributed by atoms with van der Waals surface area (Å²) in [5.41, 5.74) is 7.50. The third-order valence-corrected chi connectivity index (χ3v) is 2.69. The monoisotopic (exact) mass is 208 g/mol. The van der Waals surface area contributed by atoms with Crippen molar-refractivity contribution in [2.24, 2.45) is 0 Å². The molecule has 0 radical (unpaired) electrons. The Morgan fingerprint density at radius 2 is 2.07 bits per heavy atom. The molecule has 0 bridgehead atoms. The molecule has 1 aromatic carbocycles. The van der Waals surface area contributed by atoms with Gasteiger partial charge in [-0.2, -0.15) is 11.8 Å². The zero-order valence-corrected chi connectivity index (χ0v) is 9.02. The fraction of sp³-hybridized carbons (Fsp3) is 0.273. The van der Waals surface area contributed by atoms with Crippen molar-refractivity contribution in [3.8, 4) is 0 Å². The van der Waals surface area contributed by atoms with Gasteiger partial charge < -0.3 is 11.1 Å². The highest BCUT2D eigenvalue weighted by atomic mass is 32.2. The van der Waals surface area contributed by atoms with Crippen molar-refractivity contribution < 1.29 is 0 Å². The normalized spacial score (nSPS) is 9.71. The molecule has 0 aliphatic rings. The fourth-order valence-corrected chi connectivity index (χ4v) is 1.61. The van der Waals surface area contributed by atoms with E-state index in [-0.39, 0.29) is 0 Å². The molecule has 3 N–H and O–H groups in total. The van der Waals surface area contributed by atoms with E-state index in [2.05, 4.69) is 11.9 Å². The highest BCUT2D eigenvalue weighted by Crippen LogP contribution is 2.10. The maximum absolute atomic E-state index is 5.58. The maximum Gasteiger partial charge on any atom is 0.0341 e. The van der Waals surface area contributed by atoms with Crippen molar-refractivity contribution in [3.05, 3.63) is 36.9 Å². The van der Waals surface area contributed by atoms with Gasteiger partial charge in [-0.25, -0.2) is 0 Å². The van der Waals surface area contributed by atoms with Crippen LogP contribution in [0.25, 0.3) is 0 Å².